The van der Waals surface area contributed by atoms with Crippen LogP contribution in [0.2, 0.25) is 19.1 Å². The van der Waals surface area contributed by atoms with Crippen molar-refractivity contribution < 1.29 is 19.7 Å². The Morgan fingerprint density at radius 1 is 1.19 bits per heavy atom. The first-order valence-corrected chi connectivity index (χ1v) is 10.9. The maximum Gasteiger partial charge on any atom is 0.113 e. The van der Waals surface area contributed by atoms with Gasteiger partial charge in [-0.25, -0.2) is 0 Å². The fraction of sp³-hybridized carbons (Fsp3) is 0.625. The second-order valence-corrected chi connectivity index (χ2v) is 11.6. The summed E-state index contributed by atoms with van der Waals surface area (Å²) in [6, 6.07) is 11.7. The zero-order valence-corrected chi connectivity index (χ0v) is 13.6. The summed E-state index contributed by atoms with van der Waals surface area (Å²) in [5, 5.41) is 20.7. The van der Waals surface area contributed by atoms with Crippen LogP contribution < -0.4 is 5.19 Å². The highest BCUT2D eigenvalue weighted by atomic mass is 28.3. The monoisotopic (exact) mass is 308 g/mol. The predicted molar refractivity (Wildman–Crippen MR) is 83.4 cm³/mol. The van der Waals surface area contributed by atoms with Crippen molar-refractivity contribution in [1.82, 2.24) is 0 Å². The molecule has 2 fully saturated rings. The Hall–Kier alpha value is -0.723. The Balaban J connectivity index is 1.64. The SMILES string of the molecule is C[Si](C)(C[C@H]1C[C@H]2O[C@@H](CO)[C@@H](O)[C@H]2O1)c1ccccc1. The number of hydrogen-bond acceptors (Lipinski definition) is 4. The van der Waals surface area contributed by atoms with Crippen LogP contribution in [0.3, 0.4) is 0 Å². The topological polar surface area (TPSA) is 58.9 Å². The van der Waals surface area contributed by atoms with Crippen LogP contribution in [-0.2, 0) is 9.47 Å². The highest BCUT2D eigenvalue weighted by Crippen LogP contribution is 2.37. The lowest BCUT2D eigenvalue weighted by molar-refractivity contribution is -0.0486. The summed E-state index contributed by atoms with van der Waals surface area (Å²) in [4.78, 5) is 0. The molecular formula is C16H24O4Si. The van der Waals surface area contributed by atoms with E-state index in [4.69, 9.17) is 14.6 Å². The van der Waals surface area contributed by atoms with Crippen molar-refractivity contribution >= 4 is 13.3 Å². The van der Waals surface area contributed by atoms with Gasteiger partial charge in [0.25, 0.3) is 0 Å². The molecule has 2 aliphatic heterocycles. The average molecular weight is 308 g/mol. The molecule has 0 saturated carbocycles. The molecule has 5 atom stereocenters. The van der Waals surface area contributed by atoms with Crippen LogP contribution in [0.1, 0.15) is 6.42 Å². The molecule has 0 unspecified atom stereocenters. The van der Waals surface area contributed by atoms with Crippen molar-refractivity contribution in [2.24, 2.45) is 0 Å². The molecule has 0 bridgehead atoms. The molecule has 0 amide bonds. The molecule has 0 radical (unpaired) electrons. The first kappa shape index (κ1) is 15.2. The molecule has 2 aliphatic rings. The zero-order valence-electron chi connectivity index (χ0n) is 12.6. The van der Waals surface area contributed by atoms with Gasteiger partial charge in [-0.1, -0.05) is 48.6 Å². The van der Waals surface area contributed by atoms with E-state index in [9.17, 15) is 5.11 Å². The number of ether oxygens (including phenoxy) is 2. The summed E-state index contributed by atoms with van der Waals surface area (Å²) >= 11 is 0. The molecule has 3 rings (SSSR count). The van der Waals surface area contributed by atoms with E-state index in [0.717, 1.165) is 12.5 Å². The molecule has 2 N–H and O–H groups in total. The molecule has 1 aromatic rings. The molecule has 2 heterocycles. The van der Waals surface area contributed by atoms with Crippen molar-refractivity contribution in [2.45, 2.75) is 56.1 Å². The van der Waals surface area contributed by atoms with E-state index in [1.165, 1.54) is 5.19 Å². The first-order chi connectivity index (χ1) is 10.0. The maximum atomic E-state index is 10.1. The summed E-state index contributed by atoms with van der Waals surface area (Å²) in [7, 11) is -1.55. The minimum Gasteiger partial charge on any atom is -0.394 e. The third kappa shape index (κ3) is 2.94. The maximum absolute atomic E-state index is 10.1. The van der Waals surface area contributed by atoms with Gasteiger partial charge >= 0.3 is 0 Å². The lowest BCUT2D eigenvalue weighted by Crippen LogP contribution is -2.44. The van der Waals surface area contributed by atoms with E-state index in [1.807, 2.05) is 6.07 Å². The van der Waals surface area contributed by atoms with Gasteiger partial charge in [0.05, 0.1) is 26.9 Å². The van der Waals surface area contributed by atoms with Crippen LogP contribution in [0.25, 0.3) is 0 Å². The molecule has 0 aromatic heterocycles. The molecule has 0 aliphatic carbocycles. The van der Waals surface area contributed by atoms with Gasteiger partial charge in [0.2, 0.25) is 0 Å². The van der Waals surface area contributed by atoms with E-state index in [2.05, 4.69) is 37.4 Å². The Labute approximate surface area is 126 Å². The number of hydrogen-bond donors (Lipinski definition) is 2. The number of aliphatic hydroxyl groups excluding tert-OH is 2. The Morgan fingerprint density at radius 2 is 1.90 bits per heavy atom. The van der Waals surface area contributed by atoms with Crippen molar-refractivity contribution in [1.29, 1.82) is 0 Å². The standard InChI is InChI=1S/C16H24O4Si/c1-21(2,12-6-4-3-5-7-12)10-11-8-13-16(19-11)15(18)14(9-17)20-13/h3-7,11,13-18H,8-10H2,1-2H3/t11-,13-,14+,15-,16+/m1/s1. The van der Waals surface area contributed by atoms with Crippen LogP contribution in [0.4, 0.5) is 0 Å². The first-order valence-electron chi connectivity index (χ1n) is 7.66. The van der Waals surface area contributed by atoms with Crippen LogP contribution in [0.5, 0.6) is 0 Å². The molecule has 21 heavy (non-hydrogen) atoms. The molecule has 5 heteroatoms. The lowest BCUT2D eigenvalue weighted by Gasteiger charge is -2.27. The summed E-state index contributed by atoms with van der Waals surface area (Å²) in [5.74, 6) is 0. The molecular weight excluding hydrogens is 284 g/mol. The second kappa shape index (κ2) is 5.82. The third-order valence-electron chi connectivity index (χ3n) is 4.75. The lowest BCUT2D eigenvalue weighted by atomic mass is 10.1. The van der Waals surface area contributed by atoms with Gasteiger partial charge in [0.1, 0.15) is 18.3 Å². The van der Waals surface area contributed by atoms with Crippen LogP contribution >= 0.6 is 0 Å². The summed E-state index contributed by atoms with van der Waals surface area (Å²) in [6.07, 6.45) is -0.556. The van der Waals surface area contributed by atoms with Crippen molar-refractivity contribution in [3.05, 3.63) is 30.3 Å². The molecule has 116 valence electrons. The quantitative estimate of drug-likeness (QED) is 0.811. The largest absolute Gasteiger partial charge is 0.394 e. The average Bonchev–Trinajstić information content (AvgIpc) is 2.98. The van der Waals surface area contributed by atoms with E-state index < -0.39 is 20.3 Å². The number of rotatable bonds is 4. The Bertz CT molecular complexity index is 478. The van der Waals surface area contributed by atoms with Gasteiger partial charge in [-0.05, 0) is 6.04 Å². The van der Waals surface area contributed by atoms with E-state index >= 15 is 0 Å². The van der Waals surface area contributed by atoms with Crippen LogP contribution in [0.15, 0.2) is 30.3 Å². The fourth-order valence-electron chi connectivity index (χ4n) is 3.57. The normalized spacial score (nSPS) is 35.9. The molecule has 4 nitrogen and oxygen atoms in total. The van der Waals surface area contributed by atoms with Gasteiger partial charge in [-0.15, -0.1) is 0 Å². The minimum atomic E-state index is -1.55. The smallest absolute Gasteiger partial charge is 0.113 e. The molecule has 1 aromatic carbocycles. The van der Waals surface area contributed by atoms with Gasteiger partial charge in [0.15, 0.2) is 0 Å². The van der Waals surface area contributed by atoms with Gasteiger partial charge in [0, 0.05) is 6.42 Å². The Morgan fingerprint density at radius 3 is 2.52 bits per heavy atom. The van der Waals surface area contributed by atoms with Crippen LogP contribution in [0, 0.1) is 0 Å². The van der Waals surface area contributed by atoms with Crippen LogP contribution in [-0.4, -0.2) is 55.4 Å². The van der Waals surface area contributed by atoms with Crippen molar-refractivity contribution in [3.8, 4) is 0 Å². The van der Waals surface area contributed by atoms with Gasteiger partial charge < -0.3 is 19.7 Å². The summed E-state index contributed by atoms with van der Waals surface area (Å²) in [6.45, 7) is 4.56. The Kier molecular flexibility index (Phi) is 4.20. The van der Waals surface area contributed by atoms with Crippen molar-refractivity contribution in [3.63, 3.8) is 0 Å². The second-order valence-electron chi connectivity index (χ2n) is 6.80. The summed E-state index contributed by atoms with van der Waals surface area (Å²) in [5.41, 5.74) is 0. The minimum absolute atomic E-state index is 0.0669. The van der Waals surface area contributed by atoms with E-state index in [1.54, 1.807) is 0 Å². The van der Waals surface area contributed by atoms with Gasteiger partial charge in [-0.3, -0.25) is 0 Å². The predicted octanol–water partition coefficient (Wildman–Crippen LogP) is 0.880. The molecule has 0 spiro atoms. The number of fused-ring (bicyclic) bond motifs is 1. The van der Waals surface area contributed by atoms with Crippen molar-refractivity contribution in [2.75, 3.05) is 6.61 Å². The number of benzene rings is 1. The van der Waals surface area contributed by atoms with E-state index in [-0.39, 0.29) is 24.9 Å². The highest BCUT2D eigenvalue weighted by Gasteiger charge is 2.50. The number of aliphatic hydroxyl groups is 2. The summed E-state index contributed by atoms with van der Waals surface area (Å²) < 4.78 is 11.7. The van der Waals surface area contributed by atoms with E-state index in [0.29, 0.717) is 0 Å². The molecule has 2 saturated heterocycles. The fourth-order valence-corrected chi connectivity index (χ4v) is 6.30. The van der Waals surface area contributed by atoms with Gasteiger partial charge in [-0.2, -0.15) is 0 Å². The highest BCUT2D eigenvalue weighted by molar-refractivity contribution is 6.89. The third-order valence-corrected chi connectivity index (χ3v) is 8.12. The zero-order chi connectivity index (χ0) is 15.0.